The van der Waals surface area contributed by atoms with Gasteiger partial charge in [-0.25, -0.2) is 13.8 Å². The van der Waals surface area contributed by atoms with Gasteiger partial charge in [0.1, 0.15) is 0 Å². The molecular weight excluding hydrogens is 308 g/mol. The third-order valence-corrected chi connectivity index (χ3v) is 4.49. The monoisotopic (exact) mass is 323 g/mol. The van der Waals surface area contributed by atoms with Crippen molar-refractivity contribution < 1.29 is 13.6 Å². The van der Waals surface area contributed by atoms with Gasteiger partial charge in [-0.2, -0.15) is 0 Å². The number of benzene rings is 1. The van der Waals surface area contributed by atoms with Gasteiger partial charge in [-0.3, -0.25) is 4.79 Å². The molecule has 116 valence electrons. The molecule has 0 bridgehead atoms. The van der Waals surface area contributed by atoms with Gasteiger partial charge in [0.2, 0.25) is 5.91 Å². The van der Waals surface area contributed by atoms with Gasteiger partial charge in [-0.05, 0) is 30.7 Å². The topological polar surface area (TPSA) is 54.0 Å². The zero-order chi connectivity index (χ0) is 15.5. The Morgan fingerprint density at radius 2 is 2.27 bits per heavy atom. The Balaban J connectivity index is 1.63. The summed E-state index contributed by atoms with van der Waals surface area (Å²) in [6, 6.07) is 3.83. The van der Waals surface area contributed by atoms with E-state index in [4.69, 9.17) is 0 Å². The number of amides is 1. The summed E-state index contributed by atoms with van der Waals surface area (Å²) in [4.78, 5) is 17.0. The molecule has 1 aliphatic heterocycles. The molecule has 22 heavy (non-hydrogen) atoms. The second kappa shape index (κ2) is 6.50. The molecule has 1 fully saturated rings. The Bertz CT molecular complexity index is 683. The van der Waals surface area contributed by atoms with E-state index in [0.717, 1.165) is 23.9 Å². The highest BCUT2D eigenvalue weighted by Gasteiger charge is 2.23. The molecule has 1 amide bonds. The molecule has 0 radical (unpaired) electrons. The third-order valence-electron chi connectivity index (χ3n) is 3.58. The zero-order valence-electron chi connectivity index (χ0n) is 11.7. The van der Waals surface area contributed by atoms with Crippen LogP contribution in [0.25, 0.3) is 0 Å². The standard InChI is InChI=1S/C15H15F2N3OS/c16-12-2-1-9(6-13(12)17)5-11-8-19-15(22-11)20-14(21)10-3-4-18-7-10/h1-2,6,8,10,18H,3-5,7H2,(H,19,20,21). The fourth-order valence-corrected chi connectivity index (χ4v) is 3.23. The van der Waals surface area contributed by atoms with E-state index in [1.54, 1.807) is 12.3 Å². The van der Waals surface area contributed by atoms with Crippen LogP contribution in [0.3, 0.4) is 0 Å². The summed E-state index contributed by atoms with van der Waals surface area (Å²) in [6.45, 7) is 1.55. The molecule has 3 rings (SSSR count). The average molecular weight is 323 g/mol. The average Bonchev–Trinajstić information content (AvgIpc) is 3.15. The van der Waals surface area contributed by atoms with Gasteiger partial charge in [0.15, 0.2) is 16.8 Å². The quantitative estimate of drug-likeness (QED) is 0.909. The first-order chi connectivity index (χ1) is 10.6. The van der Waals surface area contributed by atoms with Crippen molar-refractivity contribution in [1.29, 1.82) is 0 Å². The van der Waals surface area contributed by atoms with Crippen molar-refractivity contribution in [1.82, 2.24) is 10.3 Å². The van der Waals surface area contributed by atoms with Crippen molar-refractivity contribution in [2.45, 2.75) is 12.8 Å². The highest BCUT2D eigenvalue weighted by Crippen LogP contribution is 2.23. The molecule has 4 nitrogen and oxygen atoms in total. The van der Waals surface area contributed by atoms with Gasteiger partial charge in [-0.15, -0.1) is 11.3 Å². The first-order valence-corrected chi connectivity index (χ1v) is 7.83. The van der Waals surface area contributed by atoms with E-state index in [1.807, 2.05) is 0 Å². The number of carbonyl (C=O) groups excluding carboxylic acids is 1. The summed E-state index contributed by atoms with van der Waals surface area (Å²) in [5.74, 6) is -1.76. The molecular formula is C15H15F2N3OS. The number of thiazole rings is 1. The van der Waals surface area contributed by atoms with E-state index in [-0.39, 0.29) is 11.8 Å². The minimum Gasteiger partial charge on any atom is -0.316 e. The lowest BCUT2D eigenvalue weighted by molar-refractivity contribution is -0.119. The fraction of sp³-hybridized carbons (Fsp3) is 0.333. The number of aromatic nitrogens is 1. The first-order valence-electron chi connectivity index (χ1n) is 7.02. The van der Waals surface area contributed by atoms with Crippen LogP contribution in [0, 0.1) is 17.6 Å². The predicted molar refractivity (Wildman–Crippen MR) is 80.9 cm³/mol. The van der Waals surface area contributed by atoms with Gasteiger partial charge in [-0.1, -0.05) is 6.07 Å². The highest BCUT2D eigenvalue weighted by molar-refractivity contribution is 7.15. The van der Waals surface area contributed by atoms with E-state index in [1.165, 1.54) is 17.4 Å². The van der Waals surface area contributed by atoms with Crippen LogP contribution in [0.15, 0.2) is 24.4 Å². The Kier molecular flexibility index (Phi) is 4.44. The number of nitrogens with zero attached hydrogens (tertiary/aromatic N) is 1. The maximum Gasteiger partial charge on any atom is 0.230 e. The number of nitrogens with one attached hydrogen (secondary N) is 2. The number of hydrogen-bond acceptors (Lipinski definition) is 4. The molecule has 7 heteroatoms. The van der Waals surface area contributed by atoms with Gasteiger partial charge >= 0.3 is 0 Å². The molecule has 2 heterocycles. The van der Waals surface area contributed by atoms with Crippen molar-refractivity contribution in [3.05, 3.63) is 46.5 Å². The molecule has 2 aromatic rings. The van der Waals surface area contributed by atoms with E-state index in [0.29, 0.717) is 23.7 Å². The summed E-state index contributed by atoms with van der Waals surface area (Å²) >= 11 is 1.35. The molecule has 0 aliphatic carbocycles. The largest absolute Gasteiger partial charge is 0.316 e. The number of halogens is 2. The number of rotatable bonds is 4. The van der Waals surface area contributed by atoms with Crippen LogP contribution < -0.4 is 10.6 Å². The second-order valence-electron chi connectivity index (χ2n) is 5.24. The number of hydrogen-bond donors (Lipinski definition) is 2. The number of carbonyl (C=O) groups is 1. The maximum absolute atomic E-state index is 13.2. The highest BCUT2D eigenvalue weighted by atomic mass is 32.1. The first kappa shape index (κ1) is 15.1. The molecule has 0 spiro atoms. The van der Waals surface area contributed by atoms with Gasteiger partial charge < -0.3 is 10.6 Å². The molecule has 1 atom stereocenters. The van der Waals surface area contributed by atoms with Crippen LogP contribution in [0.5, 0.6) is 0 Å². The second-order valence-corrected chi connectivity index (χ2v) is 6.35. The molecule has 1 aliphatic rings. The van der Waals surface area contributed by atoms with Crippen LogP contribution in [0.1, 0.15) is 16.9 Å². The Hall–Kier alpha value is -1.86. The van der Waals surface area contributed by atoms with Crippen molar-refractivity contribution >= 4 is 22.4 Å². The summed E-state index contributed by atoms with van der Waals surface area (Å²) < 4.78 is 26.1. The molecule has 1 unspecified atom stereocenters. The lowest BCUT2D eigenvalue weighted by Crippen LogP contribution is -2.24. The van der Waals surface area contributed by atoms with Crippen LogP contribution >= 0.6 is 11.3 Å². The summed E-state index contributed by atoms with van der Waals surface area (Å²) in [6.07, 6.45) is 2.93. The van der Waals surface area contributed by atoms with Gasteiger partial charge in [0.05, 0.1) is 5.92 Å². The predicted octanol–water partition coefficient (Wildman–Crippen LogP) is 2.56. The lowest BCUT2D eigenvalue weighted by atomic mass is 10.1. The van der Waals surface area contributed by atoms with Crippen LogP contribution in [0.4, 0.5) is 13.9 Å². The molecule has 0 saturated carbocycles. The van der Waals surface area contributed by atoms with E-state index in [2.05, 4.69) is 15.6 Å². The lowest BCUT2D eigenvalue weighted by Gasteiger charge is -2.06. The Morgan fingerprint density at radius 3 is 3.00 bits per heavy atom. The van der Waals surface area contributed by atoms with Crippen LogP contribution in [-0.2, 0) is 11.2 Å². The summed E-state index contributed by atoms with van der Waals surface area (Å²) in [5.41, 5.74) is 0.667. The maximum atomic E-state index is 13.2. The van der Waals surface area contributed by atoms with E-state index >= 15 is 0 Å². The minimum atomic E-state index is -0.857. The van der Waals surface area contributed by atoms with Crippen LogP contribution in [0.2, 0.25) is 0 Å². The van der Waals surface area contributed by atoms with Gasteiger partial charge in [0.25, 0.3) is 0 Å². The Labute approximate surface area is 130 Å². The molecule has 1 aromatic carbocycles. The van der Waals surface area contributed by atoms with E-state index < -0.39 is 11.6 Å². The number of anilines is 1. The summed E-state index contributed by atoms with van der Waals surface area (Å²) in [7, 11) is 0. The normalized spacial score (nSPS) is 17.6. The third kappa shape index (κ3) is 3.48. The van der Waals surface area contributed by atoms with Gasteiger partial charge in [0, 0.05) is 24.0 Å². The van der Waals surface area contributed by atoms with Crippen molar-refractivity contribution in [2.75, 3.05) is 18.4 Å². The Morgan fingerprint density at radius 1 is 1.41 bits per heavy atom. The fourth-order valence-electron chi connectivity index (χ4n) is 2.38. The molecule has 2 N–H and O–H groups in total. The van der Waals surface area contributed by atoms with Crippen molar-refractivity contribution in [3.8, 4) is 0 Å². The SMILES string of the molecule is O=C(Nc1ncc(Cc2ccc(F)c(F)c2)s1)C1CCNC1. The van der Waals surface area contributed by atoms with Crippen molar-refractivity contribution in [3.63, 3.8) is 0 Å². The smallest absolute Gasteiger partial charge is 0.230 e. The summed E-state index contributed by atoms with van der Waals surface area (Å²) in [5, 5.41) is 6.48. The molecule has 1 saturated heterocycles. The van der Waals surface area contributed by atoms with Crippen molar-refractivity contribution in [2.24, 2.45) is 5.92 Å². The van der Waals surface area contributed by atoms with Crippen LogP contribution in [-0.4, -0.2) is 24.0 Å². The zero-order valence-corrected chi connectivity index (χ0v) is 12.6. The molecule has 1 aromatic heterocycles. The minimum absolute atomic E-state index is 0.0152. The van der Waals surface area contributed by atoms with E-state index in [9.17, 15) is 13.6 Å².